The smallest absolute Gasteiger partial charge is 0.354 e. The summed E-state index contributed by atoms with van der Waals surface area (Å²) >= 11 is 0. The summed E-state index contributed by atoms with van der Waals surface area (Å²) < 4.78 is 53.4. The number of hydrogen-bond acceptors (Lipinski definition) is 6. The molecule has 3 N–H and O–H groups in total. The second-order valence-electron chi connectivity index (χ2n) is 6.68. The van der Waals surface area contributed by atoms with E-state index in [-0.39, 0.29) is 39.8 Å². The molecule has 0 spiro atoms. The average Bonchev–Trinajstić information content (AvgIpc) is 2.72. The van der Waals surface area contributed by atoms with Crippen LogP contribution in [0.2, 0.25) is 0 Å². The van der Waals surface area contributed by atoms with Gasteiger partial charge in [0, 0.05) is 46.8 Å². The van der Waals surface area contributed by atoms with Crippen molar-refractivity contribution in [2.24, 2.45) is 0 Å². The maximum atomic E-state index is 14.8. The van der Waals surface area contributed by atoms with Crippen molar-refractivity contribution in [1.29, 1.82) is 5.41 Å². The van der Waals surface area contributed by atoms with Crippen LogP contribution in [0.5, 0.6) is 11.5 Å². The van der Waals surface area contributed by atoms with Gasteiger partial charge in [-0.05, 0) is 19.1 Å². The lowest BCUT2D eigenvalue weighted by molar-refractivity contribution is 0.0690. The lowest BCUT2D eigenvalue weighted by Crippen LogP contribution is -2.12. The van der Waals surface area contributed by atoms with Gasteiger partial charge in [0.05, 0.1) is 19.8 Å². The first-order valence-electron chi connectivity index (χ1n) is 9.13. The lowest BCUT2D eigenvalue weighted by atomic mass is 9.95. The van der Waals surface area contributed by atoms with E-state index in [4.69, 9.17) is 14.9 Å². The molecule has 0 bridgehead atoms. The summed E-state index contributed by atoms with van der Waals surface area (Å²) in [6.45, 7) is 1.34. The molecule has 32 heavy (non-hydrogen) atoms. The van der Waals surface area contributed by atoms with Crippen LogP contribution in [0.1, 0.15) is 23.0 Å². The normalized spacial score (nSPS) is 10.6. The summed E-state index contributed by atoms with van der Waals surface area (Å²) in [5, 5.41) is 20.4. The van der Waals surface area contributed by atoms with Crippen LogP contribution in [-0.2, 0) is 0 Å². The molecule has 0 fully saturated rings. The summed E-state index contributed by atoms with van der Waals surface area (Å²) in [4.78, 5) is 15.6. The lowest BCUT2D eigenvalue weighted by Gasteiger charge is -2.18. The fraction of sp³-hybridized carbons (Fsp3) is 0.136. The second-order valence-corrected chi connectivity index (χ2v) is 6.68. The van der Waals surface area contributed by atoms with Gasteiger partial charge in [0.15, 0.2) is 5.69 Å². The maximum absolute atomic E-state index is 14.8. The fourth-order valence-corrected chi connectivity index (χ4v) is 3.14. The van der Waals surface area contributed by atoms with Crippen LogP contribution in [0.4, 0.5) is 24.7 Å². The van der Waals surface area contributed by atoms with Crippen molar-refractivity contribution < 1.29 is 32.5 Å². The Balaban J connectivity index is 2.30. The van der Waals surface area contributed by atoms with Crippen molar-refractivity contribution in [3.63, 3.8) is 0 Å². The molecule has 10 heteroatoms. The molecule has 0 atom stereocenters. The van der Waals surface area contributed by atoms with Crippen LogP contribution in [0.3, 0.4) is 0 Å². The Labute approximate surface area is 181 Å². The number of carbonyl (C=O) groups is 1. The molecular formula is C22H18F3N3O4. The van der Waals surface area contributed by atoms with Gasteiger partial charge in [-0.1, -0.05) is 0 Å². The number of aromatic nitrogens is 1. The first kappa shape index (κ1) is 22.6. The molecule has 0 aliphatic rings. The molecule has 0 aliphatic carbocycles. The number of carboxylic acids is 1. The number of ether oxygens (including phenoxy) is 2. The number of rotatable bonds is 7. The zero-order valence-corrected chi connectivity index (χ0v) is 17.2. The molecule has 0 saturated carbocycles. The van der Waals surface area contributed by atoms with E-state index < -0.39 is 34.7 Å². The predicted molar refractivity (Wildman–Crippen MR) is 112 cm³/mol. The van der Waals surface area contributed by atoms with Gasteiger partial charge in [0.25, 0.3) is 0 Å². The zero-order chi connectivity index (χ0) is 23.6. The summed E-state index contributed by atoms with van der Waals surface area (Å²) in [5.41, 5.74) is -1.41. The minimum Gasteiger partial charge on any atom is -0.497 e. The molecule has 1 aromatic heterocycles. The number of carboxylic acid groups (broad SMARTS) is 1. The number of pyridine rings is 1. The van der Waals surface area contributed by atoms with E-state index in [9.17, 15) is 23.1 Å². The highest BCUT2D eigenvalue weighted by atomic mass is 19.1. The summed E-state index contributed by atoms with van der Waals surface area (Å²) in [5.74, 6) is -4.27. The predicted octanol–water partition coefficient (Wildman–Crippen LogP) is 5.01. The summed E-state index contributed by atoms with van der Waals surface area (Å²) in [6, 6.07) is 6.48. The highest BCUT2D eigenvalue weighted by molar-refractivity contribution is 6.08. The monoisotopic (exact) mass is 445 g/mol. The Kier molecular flexibility index (Phi) is 6.33. The van der Waals surface area contributed by atoms with Gasteiger partial charge in [-0.2, -0.15) is 0 Å². The van der Waals surface area contributed by atoms with E-state index in [0.29, 0.717) is 0 Å². The van der Waals surface area contributed by atoms with Crippen LogP contribution in [0.25, 0.3) is 11.1 Å². The maximum Gasteiger partial charge on any atom is 0.354 e. The summed E-state index contributed by atoms with van der Waals surface area (Å²) in [6.07, 6.45) is 0. The van der Waals surface area contributed by atoms with Crippen LogP contribution < -0.4 is 14.8 Å². The Hall–Kier alpha value is -4.08. The van der Waals surface area contributed by atoms with Gasteiger partial charge in [-0.15, -0.1) is 0 Å². The molecule has 0 aliphatic heterocycles. The van der Waals surface area contributed by atoms with Crippen LogP contribution in [0, 0.1) is 22.9 Å². The minimum atomic E-state index is -1.46. The third-order valence-electron chi connectivity index (χ3n) is 4.50. The molecule has 0 amide bonds. The van der Waals surface area contributed by atoms with Gasteiger partial charge in [0.2, 0.25) is 0 Å². The number of benzene rings is 2. The highest BCUT2D eigenvalue weighted by Gasteiger charge is 2.24. The largest absolute Gasteiger partial charge is 0.497 e. The molecule has 166 valence electrons. The molecule has 0 unspecified atom stereocenters. The molecule has 7 nitrogen and oxygen atoms in total. The molecule has 3 aromatic rings. The minimum absolute atomic E-state index is 0.0683. The summed E-state index contributed by atoms with van der Waals surface area (Å²) in [7, 11) is 2.58. The number of anilines is 2. The number of nitrogens with zero attached hydrogens (tertiary/aromatic N) is 1. The number of methoxy groups -OCH3 is 2. The van der Waals surface area contributed by atoms with Crippen LogP contribution >= 0.6 is 0 Å². The van der Waals surface area contributed by atoms with Crippen molar-refractivity contribution in [3.8, 4) is 22.6 Å². The van der Waals surface area contributed by atoms with Gasteiger partial charge in [0.1, 0.15) is 34.8 Å². The van der Waals surface area contributed by atoms with Gasteiger partial charge < -0.3 is 25.3 Å². The molecule has 2 aromatic carbocycles. The Bertz CT molecular complexity index is 1210. The van der Waals surface area contributed by atoms with Crippen molar-refractivity contribution in [2.45, 2.75) is 6.92 Å². The number of nitrogens with one attached hydrogen (secondary N) is 2. The van der Waals surface area contributed by atoms with Gasteiger partial charge in [-0.3, -0.25) is 0 Å². The van der Waals surface area contributed by atoms with Crippen LogP contribution in [-0.4, -0.2) is 36.0 Å². The van der Waals surface area contributed by atoms with Gasteiger partial charge >= 0.3 is 5.97 Å². The number of halogens is 3. The number of hydrogen-bond donors (Lipinski definition) is 3. The van der Waals surface area contributed by atoms with E-state index in [1.165, 1.54) is 27.2 Å². The van der Waals surface area contributed by atoms with E-state index in [1.807, 2.05) is 0 Å². The van der Waals surface area contributed by atoms with Gasteiger partial charge in [-0.25, -0.2) is 22.9 Å². The quantitative estimate of drug-likeness (QED) is 0.442. The standard InChI is InChI=1S/C22H18F3N3O4/c1-10(26)19-15(20-16(24)7-14(32-3)8-17(20)25)9-18(22(29)30)28-21(19)27-12-4-11(23)5-13(6-12)31-2/h4-9,26H,1-3H3,(H,27,28)(H,29,30). The Morgan fingerprint density at radius 1 is 1.00 bits per heavy atom. The first-order chi connectivity index (χ1) is 15.1. The molecule has 3 rings (SSSR count). The van der Waals surface area contributed by atoms with E-state index in [1.54, 1.807) is 0 Å². The van der Waals surface area contributed by atoms with Crippen molar-refractivity contribution >= 4 is 23.2 Å². The molecular weight excluding hydrogens is 427 g/mol. The molecule has 0 radical (unpaired) electrons. The zero-order valence-electron chi connectivity index (χ0n) is 17.2. The van der Waals surface area contributed by atoms with E-state index in [0.717, 1.165) is 30.3 Å². The first-order valence-corrected chi connectivity index (χ1v) is 9.13. The van der Waals surface area contributed by atoms with Crippen molar-refractivity contribution in [3.05, 3.63) is 65.1 Å². The highest BCUT2D eigenvalue weighted by Crippen LogP contribution is 2.36. The van der Waals surface area contributed by atoms with Crippen molar-refractivity contribution in [1.82, 2.24) is 4.98 Å². The van der Waals surface area contributed by atoms with Crippen LogP contribution in [0.15, 0.2) is 36.4 Å². The molecule has 1 heterocycles. The average molecular weight is 445 g/mol. The third-order valence-corrected chi connectivity index (χ3v) is 4.50. The van der Waals surface area contributed by atoms with E-state index in [2.05, 4.69) is 10.3 Å². The fourth-order valence-electron chi connectivity index (χ4n) is 3.14. The van der Waals surface area contributed by atoms with E-state index >= 15 is 0 Å². The second kappa shape index (κ2) is 8.96. The SMILES string of the molecule is COc1cc(F)cc(Nc2nc(C(=O)O)cc(-c3c(F)cc(OC)cc3F)c2C(C)=N)c1. The number of aromatic carboxylic acids is 1. The Morgan fingerprint density at radius 2 is 1.59 bits per heavy atom. The third kappa shape index (κ3) is 4.48. The van der Waals surface area contributed by atoms with Crippen molar-refractivity contribution in [2.75, 3.05) is 19.5 Å². The topological polar surface area (TPSA) is 105 Å². The Morgan fingerprint density at radius 3 is 2.12 bits per heavy atom. The molecule has 0 saturated heterocycles.